The van der Waals surface area contributed by atoms with Crippen molar-refractivity contribution in [2.45, 2.75) is 26.3 Å². The van der Waals surface area contributed by atoms with Crippen molar-refractivity contribution < 1.29 is 36.2 Å². The fourth-order valence-corrected chi connectivity index (χ4v) is 2.81. The molecule has 2 rings (SSSR count). The van der Waals surface area contributed by atoms with Crippen LogP contribution in [0.5, 0.6) is 11.5 Å². The topological polar surface area (TPSA) is 63.7 Å². The number of urea groups is 1. The fraction of sp³-hybridized carbons (Fsp3) is 0.375. The first kappa shape index (κ1) is 21.7. The van der Waals surface area contributed by atoms with Gasteiger partial charge in [-0.3, -0.25) is 5.32 Å². The highest BCUT2D eigenvalue weighted by Gasteiger charge is 2.34. The zero-order chi connectivity index (χ0) is 20.9. The van der Waals surface area contributed by atoms with Crippen molar-refractivity contribution in [1.29, 1.82) is 0 Å². The number of halogens is 5. The standard InChI is InChI=1S/C16H16F5N3O3S/c1-3-26-11-6-9(4-5-10(11)27-13(17)18)7-24(2)15(25)23-14-22-12(8-28-14)16(19,20)21/h4-6,8,13H,3,7H2,1-2H3,(H,22,23,25). The van der Waals surface area contributed by atoms with Crippen LogP contribution in [0.1, 0.15) is 18.2 Å². The summed E-state index contributed by atoms with van der Waals surface area (Å²) in [5.74, 6) is -0.0565. The number of hydrogen-bond acceptors (Lipinski definition) is 5. The summed E-state index contributed by atoms with van der Waals surface area (Å²) >= 11 is 0.648. The van der Waals surface area contributed by atoms with Gasteiger partial charge in [0.1, 0.15) is 0 Å². The number of thiazole rings is 1. The smallest absolute Gasteiger partial charge is 0.434 e. The minimum atomic E-state index is -4.59. The number of anilines is 1. The molecule has 0 aliphatic heterocycles. The molecule has 0 fully saturated rings. The third-order valence-corrected chi connectivity index (χ3v) is 4.06. The second-order valence-electron chi connectivity index (χ2n) is 5.41. The third kappa shape index (κ3) is 5.94. The zero-order valence-electron chi connectivity index (χ0n) is 14.7. The molecular weight excluding hydrogens is 409 g/mol. The Morgan fingerprint density at radius 1 is 1.32 bits per heavy atom. The van der Waals surface area contributed by atoms with Crippen molar-refractivity contribution in [1.82, 2.24) is 9.88 Å². The Hall–Kier alpha value is -2.63. The van der Waals surface area contributed by atoms with Crippen LogP contribution in [0.15, 0.2) is 23.6 Å². The molecule has 154 valence electrons. The Labute approximate surface area is 160 Å². The van der Waals surface area contributed by atoms with Crippen molar-refractivity contribution >= 4 is 22.5 Å². The van der Waals surface area contributed by atoms with Crippen molar-refractivity contribution in [3.05, 3.63) is 34.8 Å². The maximum absolute atomic E-state index is 12.5. The van der Waals surface area contributed by atoms with Gasteiger partial charge in [-0.1, -0.05) is 6.07 Å². The van der Waals surface area contributed by atoms with Gasteiger partial charge in [0.25, 0.3) is 0 Å². The molecule has 0 bridgehead atoms. The number of nitrogens with one attached hydrogen (secondary N) is 1. The van der Waals surface area contributed by atoms with Gasteiger partial charge in [0, 0.05) is 19.0 Å². The lowest BCUT2D eigenvalue weighted by Crippen LogP contribution is -2.30. The molecule has 1 heterocycles. The summed E-state index contributed by atoms with van der Waals surface area (Å²) in [6.07, 6.45) is -4.59. The van der Waals surface area contributed by atoms with Crippen LogP contribution in [0.25, 0.3) is 0 Å². The maximum atomic E-state index is 12.5. The summed E-state index contributed by atoms with van der Waals surface area (Å²) in [5.41, 5.74) is -0.552. The molecule has 0 aliphatic rings. The van der Waals surface area contributed by atoms with E-state index in [0.29, 0.717) is 16.9 Å². The van der Waals surface area contributed by atoms with Crippen LogP contribution >= 0.6 is 11.3 Å². The molecule has 1 aromatic heterocycles. The highest BCUT2D eigenvalue weighted by atomic mass is 32.1. The molecule has 1 N–H and O–H groups in total. The molecule has 2 amide bonds. The van der Waals surface area contributed by atoms with E-state index < -0.39 is 24.5 Å². The molecule has 0 atom stereocenters. The molecule has 0 spiro atoms. The molecule has 1 aromatic carbocycles. The number of rotatable bonds is 7. The van der Waals surface area contributed by atoms with Gasteiger partial charge in [-0.2, -0.15) is 22.0 Å². The summed E-state index contributed by atoms with van der Waals surface area (Å²) in [6.45, 7) is -1.09. The third-order valence-electron chi connectivity index (χ3n) is 3.30. The largest absolute Gasteiger partial charge is 0.490 e. The predicted octanol–water partition coefficient (Wildman–Crippen LogP) is 4.83. The van der Waals surface area contributed by atoms with E-state index in [1.165, 1.54) is 30.1 Å². The molecular formula is C16H16F5N3O3S. The van der Waals surface area contributed by atoms with E-state index >= 15 is 0 Å². The molecule has 0 unspecified atom stereocenters. The van der Waals surface area contributed by atoms with Crippen molar-refractivity contribution in [2.24, 2.45) is 0 Å². The molecule has 0 aliphatic carbocycles. The highest BCUT2D eigenvalue weighted by molar-refractivity contribution is 7.13. The second kappa shape index (κ2) is 9.04. The molecule has 6 nitrogen and oxygen atoms in total. The SMILES string of the molecule is CCOc1cc(CN(C)C(=O)Nc2nc(C(F)(F)F)cs2)ccc1OC(F)F. The van der Waals surface area contributed by atoms with Gasteiger partial charge in [0.05, 0.1) is 6.61 Å². The number of carbonyl (C=O) groups excluding carboxylic acids is 1. The van der Waals surface area contributed by atoms with E-state index in [1.54, 1.807) is 6.92 Å². The highest BCUT2D eigenvalue weighted by Crippen LogP contribution is 2.32. The van der Waals surface area contributed by atoms with Gasteiger partial charge in [-0.05, 0) is 24.6 Å². The van der Waals surface area contributed by atoms with Gasteiger partial charge in [-0.15, -0.1) is 11.3 Å². The quantitative estimate of drug-likeness (QED) is 0.646. The van der Waals surface area contributed by atoms with Gasteiger partial charge < -0.3 is 14.4 Å². The molecule has 28 heavy (non-hydrogen) atoms. The van der Waals surface area contributed by atoms with E-state index in [-0.39, 0.29) is 29.8 Å². The van der Waals surface area contributed by atoms with Crippen LogP contribution in [0, 0.1) is 0 Å². The number of benzene rings is 1. The number of ether oxygens (including phenoxy) is 2. The van der Waals surface area contributed by atoms with Crippen LogP contribution in [-0.4, -0.2) is 36.2 Å². The van der Waals surface area contributed by atoms with E-state index in [4.69, 9.17) is 4.74 Å². The monoisotopic (exact) mass is 425 g/mol. The van der Waals surface area contributed by atoms with Gasteiger partial charge in [-0.25, -0.2) is 9.78 Å². The normalized spacial score (nSPS) is 11.4. The van der Waals surface area contributed by atoms with Crippen LogP contribution in [0.4, 0.5) is 31.9 Å². The van der Waals surface area contributed by atoms with E-state index in [9.17, 15) is 26.7 Å². The van der Waals surface area contributed by atoms with Crippen LogP contribution in [0.3, 0.4) is 0 Å². The Bertz CT molecular complexity index is 813. The fourth-order valence-electron chi connectivity index (χ4n) is 2.11. The molecule has 0 saturated carbocycles. The minimum Gasteiger partial charge on any atom is -0.490 e. The second-order valence-corrected chi connectivity index (χ2v) is 6.27. The first-order chi connectivity index (χ1) is 13.1. The number of amides is 2. The lowest BCUT2D eigenvalue weighted by molar-refractivity contribution is -0.140. The number of hydrogen-bond donors (Lipinski definition) is 1. The molecule has 2 aromatic rings. The first-order valence-corrected chi connectivity index (χ1v) is 8.73. The molecule has 0 radical (unpaired) electrons. The maximum Gasteiger partial charge on any atom is 0.434 e. The van der Waals surface area contributed by atoms with Crippen LogP contribution < -0.4 is 14.8 Å². The van der Waals surface area contributed by atoms with E-state index in [2.05, 4.69) is 15.0 Å². The predicted molar refractivity (Wildman–Crippen MR) is 91.8 cm³/mol. The van der Waals surface area contributed by atoms with Crippen molar-refractivity contribution in [2.75, 3.05) is 19.0 Å². The average molecular weight is 425 g/mol. The lowest BCUT2D eigenvalue weighted by atomic mass is 10.2. The Morgan fingerprint density at radius 3 is 2.61 bits per heavy atom. The van der Waals surface area contributed by atoms with Crippen molar-refractivity contribution in [3.63, 3.8) is 0 Å². The van der Waals surface area contributed by atoms with Crippen LogP contribution in [0.2, 0.25) is 0 Å². The first-order valence-electron chi connectivity index (χ1n) is 7.85. The zero-order valence-corrected chi connectivity index (χ0v) is 15.5. The van der Waals surface area contributed by atoms with Gasteiger partial charge in [0.2, 0.25) is 0 Å². The number of nitrogens with zero attached hydrogens (tertiary/aromatic N) is 2. The van der Waals surface area contributed by atoms with E-state index in [1.807, 2.05) is 0 Å². The summed E-state index contributed by atoms with van der Waals surface area (Å²) in [7, 11) is 1.41. The Morgan fingerprint density at radius 2 is 2.04 bits per heavy atom. The summed E-state index contributed by atoms with van der Waals surface area (Å²) in [4.78, 5) is 16.6. The molecule has 12 heteroatoms. The Kier molecular flexibility index (Phi) is 7.00. The number of alkyl halides is 5. The van der Waals surface area contributed by atoms with Crippen LogP contribution in [-0.2, 0) is 12.7 Å². The average Bonchev–Trinajstić information content (AvgIpc) is 3.06. The lowest BCUT2D eigenvalue weighted by Gasteiger charge is -2.18. The minimum absolute atomic E-state index is 0.0400. The van der Waals surface area contributed by atoms with Gasteiger partial charge >= 0.3 is 18.8 Å². The van der Waals surface area contributed by atoms with Crippen molar-refractivity contribution in [3.8, 4) is 11.5 Å². The van der Waals surface area contributed by atoms with Gasteiger partial charge in [0.15, 0.2) is 22.3 Å². The number of carbonyl (C=O) groups is 1. The Balaban J connectivity index is 2.04. The summed E-state index contributed by atoms with van der Waals surface area (Å²) in [6, 6.07) is 3.51. The molecule has 0 saturated heterocycles. The van der Waals surface area contributed by atoms with E-state index in [0.717, 1.165) is 5.38 Å². The summed E-state index contributed by atoms with van der Waals surface area (Å²) in [5, 5.41) is 2.87. The summed E-state index contributed by atoms with van der Waals surface area (Å²) < 4.78 is 72.1. The number of aromatic nitrogens is 1.